The van der Waals surface area contributed by atoms with Crippen molar-refractivity contribution in [2.45, 2.75) is 39.8 Å². The molecule has 9 heteroatoms. The summed E-state index contributed by atoms with van der Waals surface area (Å²) < 4.78 is 10.6. The fourth-order valence-electron chi connectivity index (χ4n) is 3.77. The van der Waals surface area contributed by atoms with Crippen molar-refractivity contribution in [3.8, 4) is 5.88 Å². The van der Waals surface area contributed by atoms with Crippen LogP contribution in [0.4, 0.5) is 0 Å². The van der Waals surface area contributed by atoms with Gasteiger partial charge in [-0.2, -0.15) is 4.98 Å². The van der Waals surface area contributed by atoms with Crippen LogP contribution in [-0.2, 0) is 11.3 Å². The molecule has 168 valence electrons. The summed E-state index contributed by atoms with van der Waals surface area (Å²) in [6.07, 6.45) is 0.761. The molecule has 8 nitrogen and oxygen atoms in total. The van der Waals surface area contributed by atoms with E-state index in [0.717, 1.165) is 34.2 Å². The van der Waals surface area contributed by atoms with E-state index in [0.29, 0.717) is 27.3 Å². The number of para-hydroxylation sites is 2. The highest BCUT2D eigenvalue weighted by Gasteiger charge is 2.25. The van der Waals surface area contributed by atoms with Gasteiger partial charge in [0.05, 0.1) is 34.4 Å². The van der Waals surface area contributed by atoms with E-state index in [1.54, 1.807) is 14.2 Å². The zero-order chi connectivity index (χ0) is 22.8. The first-order chi connectivity index (χ1) is 15.4. The van der Waals surface area contributed by atoms with E-state index in [9.17, 15) is 4.79 Å². The van der Waals surface area contributed by atoms with Gasteiger partial charge in [0, 0.05) is 7.11 Å². The summed E-state index contributed by atoms with van der Waals surface area (Å²) in [5.74, 6) is 1.94. The minimum absolute atomic E-state index is 0.160. The number of ether oxygens (including phenoxy) is 2. The first-order valence-corrected chi connectivity index (χ1v) is 11.3. The Morgan fingerprint density at radius 2 is 1.97 bits per heavy atom. The molecular formula is C23H27N5O3S. The van der Waals surface area contributed by atoms with E-state index in [4.69, 9.17) is 14.5 Å². The van der Waals surface area contributed by atoms with Crippen molar-refractivity contribution in [3.05, 3.63) is 46.4 Å². The van der Waals surface area contributed by atoms with Gasteiger partial charge in [-0.15, -0.1) is 11.3 Å². The zero-order valence-electron chi connectivity index (χ0n) is 18.9. The molecular weight excluding hydrogens is 426 g/mol. The Labute approximate surface area is 190 Å². The summed E-state index contributed by atoms with van der Waals surface area (Å²) in [4.78, 5) is 31.7. The summed E-state index contributed by atoms with van der Waals surface area (Å²) in [5, 5.41) is 3.94. The van der Waals surface area contributed by atoms with Gasteiger partial charge in [-0.05, 0) is 37.0 Å². The molecule has 3 heterocycles. The van der Waals surface area contributed by atoms with Crippen molar-refractivity contribution < 1.29 is 14.3 Å². The van der Waals surface area contributed by atoms with Gasteiger partial charge in [0.2, 0.25) is 5.88 Å². The lowest BCUT2D eigenvalue weighted by Crippen LogP contribution is -2.30. The Bertz CT molecular complexity index is 1230. The van der Waals surface area contributed by atoms with Crippen molar-refractivity contribution in [2.75, 3.05) is 14.2 Å². The molecule has 1 aromatic carbocycles. The van der Waals surface area contributed by atoms with Gasteiger partial charge in [0.1, 0.15) is 17.3 Å². The number of aryl methyl sites for hydroxylation is 1. The summed E-state index contributed by atoms with van der Waals surface area (Å²) in [7, 11) is 3.15. The number of thiophene rings is 1. The molecule has 0 aliphatic rings. The standard InChI is InChI=1S/C23H27N5O3S/c1-12(2)10-16(20-24-14-8-6-7-9-15(14)25-20)26-21(29)19-13(3)18-22(31-5)27-17(11-30-4)28-23(18)32-19/h6-9,12,16H,10-11H2,1-5H3,(H,24,25)(H,26,29). The van der Waals surface area contributed by atoms with E-state index in [-0.39, 0.29) is 18.6 Å². The van der Waals surface area contributed by atoms with Crippen LogP contribution in [0.2, 0.25) is 0 Å². The first kappa shape index (κ1) is 22.2. The number of nitrogens with zero attached hydrogens (tertiary/aromatic N) is 3. The molecule has 0 aliphatic heterocycles. The molecule has 0 spiro atoms. The van der Waals surface area contributed by atoms with Gasteiger partial charge in [0.15, 0.2) is 5.82 Å². The lowest BCUT2D eigenvalue weighted by Gasteiger charge is -2.18. The highest BCUT2D eigenvalue weighted by molar-refractivity contribution is 7.20. The third kappa shape index (κ3) is 4.31. The second-order valence-corrected chi connectivity index (χ2v) is 9.11. The lowest BCUT2D eigenvalue weighted by atomic mass is 10.0. The maximum atomic E-state index is 13.4. The number of aromatic amines is 1. The summed E-state index contributed by atoms with van der Waals surface area (Å²) in [6, 6.07) is 7.63. The van der Waals surface area contributed by atoms with Crippen LogP contribution < -0.4 is 10.1 Å². The van der Waals surface area contributed by atoms with Crippen molar-refractivity contribution in [1.82, 2.24) is 25.3 Å². The minimum atomic E-state index is -0.239. The number of nitrogens with one attached hydrogen (secondary N) is 2. The number of carbonyl (C=O) groups excluding carboxylic acids is 1. The highest BCUT2D eigenvalue weighted by atomic mass is 32.1. The number of carbonyl (C=O) groups is 1. The largest absolute Gasteiger partial charge is 0.480 e. The third-order valence-corrected chi connectivity index (χ3v) is 6.41. The number of imidazole rings is 1. The summed E-state index contributed by atoms with van der Waals surface area (Å²) in [6.45, 7) is 6.43. The second kappa shape index (κ2) is 9.22. The molecule has 0 saturated carbocycles. The van der Waals surface area contributed by atoms with Gasteiger partial charge in [-0.1, -0.05) is 26.0 Å². The summed E-state index contributed by atoms with van der Waals surface area (Å²) >= 11 is 1.33. The Morgan fingerprint density at radius 1 is 1.19 bits per heavy atom. The molecule has 0 bridgehead atoms. The van der Waals surface area contributed by atoms with Crippen LogP contribution in [0.25, 0.3) is 21.3 Å². The number of amides is 1. The van der Waals surface area contributed by atoms with E-state index in [2.05, 4.69) is 34.1 Å². The van der Waals surface area contributed by atoms with Crippen molar-refractivity contribution in [3.63, 3.8) is 0 Å². The average Bonchev–Trinajstić information content (AvgIpc) is 3.34. The minimum Gasteiger partial charge on any atom is -0.480 e. The number of aromatic nitrogens is 4. The monoisotopic (exact) mass is 453 g/mol. The van der Waals surface area contributed by atoms with Gasteiger partial charge in [0.25, 0.3) is 5.91 Å². The van der Waals surface area contributed by atoms with Gasteiger partial charge >= 0.3 is 0 Å². The Kier molecular flexibility index (Phi) is 6.38. The maximum absolute atomic E-state index is 13.4. The molecule has 1 unspecified atom stereocenters. The number of rotatable bonds is 8. The van der Waals surface area contributed by atoms with Crippen LogP contribution in [0.5, 0.6) is 5.88 Å². The lowest BCUT2D eigenvalue weighted by molar-refractivity contribution is 0.0933. The van der Waals surface area contributed by atoms with E-state index < -0.39 is 0 Å². The predicted octanol–water partition coefficient (Wildman–Crippen LogP) is 4.55. The van der Waals surface area contributed by atoms with Crippen LogP contribution in [0.3, 0.4) is 0 Å². The quantitative estimate of drug-likeness (QED) is 0.406. The van der Waals surface area contributed by atoms with Crippen molar-refractivity contribution in [2.24, 2.45) is 5.92 Å². The molecule has 32 heavy (non-hydrogen) atoms. The normalized spacial score (nSPS) is 12.6. The number of hydrogen-bond acceptors (Lipinski definition) is 7. The molecule has 4 aromatic rings. The molecule has 2 N–H and O–H groups in total. The molecule has 1 atom stereocenters. The fraction of sp³-hybridized carbons (Fsp3) is 0.391. The first-order valence-electron chi connectivity index (χ1n) is 10.5. The van der Waals surface area contributed by atoms with Crippen molar-refractivity contribution in [1.29, 1.82) is 0 Å². The van der Waals surface area contributed by atoms with E-state index >= 15 is 0 Å². The van der Waals surface area contributed by atoms with E-state index in [1.807, 2.05) is 31.2 Å². The number of benzene rings is 1. The van der Waals surface area contributed by atoms with Crippen LogP contribution in [0.1, 0.15) is 53.2 Å². The molecule has 4 rings (SSSR count). The third-order valence-electron chi connectivity index (χ3n) is 5.23. The zero-order valence-corrected chi connectivity index (χ0v) is 19.7. The maximum Gasteiger partial charge on any atom is 0.262 e. The smallest absolute Gasteiger partial charge is 0.262 e. The second-order valence-electron chi connectivity index (χ2n) is 8.11. The number of H-pyrrole nitrogens is 1. The topological polar surface area (TPSA) is 102 Å². The fourth-order valence-corrected chi connectivity index (χ4v) is 4.87. The Morgan fingerprint density at radius 3 is 2.66 bits per heavy atom. The van der Waals surface area contributed by atoms with E-state index in [1.165, 1.54) is 11.3 Å². The highest BCUT2D eigenvalue weighted by Crippen LogP contribution is 2.35. The predicted molar refractivity (Wildman–Crippen MR) is 125 cm³/mol. The van der Waals surface area contributed by atoms with Crippen LogP contribution in [-0.4, -0.2) is 40.1 Å². The molecule has 0 radical (unpaired) electrons. The van der Waals surface area contributed by atoms with Crippen molar-refractivity contribution >= 4 is 38.5 Å². The Hall–Kier alpha value is -3.04. The van der Waals surface area contributed by atoms with Gasteiger partial charge in [-0.3, -0.25) is 4.79 Å². The summed E-state index contributed by atoms with van der Waals surface area (Å²) in [5.41, 5.74) is 2.64. The van der Waals surface area contributed by atoms with Gasteiger partial charge < -0.3 is 19.8 Å². The van der Waals surface area contributed by atoms with Crippen LogP contribution in [0, 0.1) is 12.8 Å². The SMILES string of the molecule is COCc1nc(OC)c2c(C)c(C(=O)NC(CC(C)C)c3nc4ccccc4[nH]3)sc2n1. The number of hydrogen-bond donors (Lipinski definition) is 2. The average molecular weight is 454 g/mol. The molecule has 0 saturated heterocycles. The number of methoxy groups -OCH3 is 2. The Balaban J connectivity index is 1.69. The molecule has 1 amide bonds. The number of fused-ring (bicyclic) bond motifs is 2. The molecule has 3 aromatic heterocycles. The van der Waals surface area contributed by atoms with Crippen LogP contribution in [0.15, 0.2) is 24.3 Å². The molecule has 0 aliphatic carbocycles. The molecule has 0 fully saturated rings. The van der Waals surface area contributed by atoms with Gasteiger partial charge in [-0.25, -0.2) is 9.97 Å². The van der Waals surface area contributed by atoms with Crippen LogP contribution >= 0.6 is 11.3 Å².